The lowest BCUT2D eigenvalue weighted by atomic mass is 10.1. The first kappa shape index (κ1) is 14.0. The first-order valence-corrected chi connectivity index (χ1v) is 7.08. The van der Waals surface area contributed by atoms with Crippen LogP contribution in [0.15, 0.2) is 21.2 Å². The Bertz CT molecular complexity index is 370. The molecule has 2 unspecified atom stereocenters. The number of nitrogens with one attached hydrogen (secondary N) is 1. The highest BCUT2D eigenvalue weighted by Gasteiger charge is 2.31. The van der Waals surface area contributed by atoms with Gasteiger partial charge in [0.1, 0.15) is 11.8 Å². The highest BCUT2D eigenvalue weighted by atomic mass is 79.9. The molecule has 0 aromatic carbocycles. The third-order valence-corrected chi connectivity index (χ3v) is 3.85. The number of morpholine rings is 1. The Morgan fingerprint density at radius 2 is 2.50 bits per heavy atom. The van der Waals surface area contributed by atoms with Gasteiger partial charge >= 0.3 is 0 Å². The second-order valence-corrected chi connectivity index (χ2v) is 5.34. The summed E-state index contributed by atoms with van der Waals surface area (Å²) in [6.07, 6.45) is 2.81. The van der Waals surface area contributed by atoms with Gasteiger partial charge in [0.2, 0.25) is 0 Å². The third-order valence-electron chi connectivity index (χ3n) is 3.20. The number of furan rings is 1. The Hall–Kier alpha value is -0.400. The minimum Gasteiger partial charge on any atom is -0.466 e. The lowest BCUT2D eigenvalue weighted by Crippen LogP contribution is -2.49. The Kier molecular flexibility index (Phi) is 5.20. The molecule has 2 heterocycles. The number of rotatable bonds is 5. The molecule has 1 aromatic heterocycles. The van der Waals surface area contributed by atoms with Gasteiger partial charge < -0.3 is 9.15 Å². The third kappa shape index (κ3) is 3.13. The maximum absolute atomic E-state index is 5.82. The van der Waals surface area contributed by atoms with Crippen LogP contribution in [0.2, 0.25) is 0 Å². The molecule has 1 saturated heterocycles. The first-order chi connectivity index (χ1) is 8.76. The average molecular weight is 318 g/mol. The van der Waals surface area contributed by atoms with E-state index in [1.165, 1.54) is 0 Å². The van der Waals surface area contributed by atoms with E-state index in [-0.39, 0.29) is 12.1 Å². The van der Waals surface area contributed by atoms with E-state index in [0.29, 0.717) is 0 Å². The number of hydrogen-bond donors (Lipinski definition) is 2. The van der Waals surface area contributed by atoms with Crippen LogP contribution in [-0.2, 0) is 4.74 Å². The topological polar surface area (TPSA) is 63.7 Å². The summed E-state index contributed by atoms with van der Waals surface area (Å²) < 4.78 is 12.2. The first-order valence-electron chi connectivity index (χ1n) is 6.29. The Balaban J connectivity index is 2.06. The maximum atomic E-state index is 5.82. The molecule has 0 aliphatic carbocycles. The van der Waals surface area contributed by atoms with Crippen LogP contribution in [0, 0.1) is 0 Å². The summed E-state index contributed by atoms with van der Waals surface area (Å²) in [5.74, 6) is 6.45. The van der Waals surface area contributed by atoms with Gasteiger partial charge in [-0.3, -0.25) is 10.7 Å². The van der Waals surface area contributed by atoms with Crippen molar-refractivity contribution in [2.45, 2.75) is 25.5 Å². The number of nitrogens with two attached hydrogens (primary N) is 1. The van der Waals surface area contributed by atoms with Crippen molar-refractivity contribution in [1.29, 1.82) is 0 Å². The summed E-state index contributed by atoms with van der Waals surface area (Å²) in [6, 6.07) is 1.74. The average Bonchev–Trinajstić information content (AvgIpc) is 2.78. The van der Waals surface area contributed by atoms with Crippen LogP contribution < -0.4 is 11.3 Å². The van der Waals surface area contributed by atoms with Crippen molar-refractivity contribution in [3.05, 3.63) is 22.6 Å². The predicted octanol–water partition coefficient (Wildman–Crippen LogP) is 1.66. The molecule has 1 aromatic rings. The lowest BCUT2D eigenvalue weighted by Gasteiger charge is -2.36. The molecule has 2 atom stereocenters. The van der Waals surface area contributed by atoms with Gasteiger partial charge in [-0.1, -0.05) is 6.92 Å². The van der Waals surface area contributed by atoms with Gasteiger partial charge in [-0.15, -0.1) is 0 Å². The Morgan fingerprint density at radius 1 is 1.67 bits per heavy atom. The van der Waals surface area contributed by atoms with Crippen LogP contribution in [0.1, 0.15) is 25.1 Å². The summed E-state index contributed by atoms with van der Waals surface area (Å²) in [4.78, 5) is 2.40. The highest BCUT2D eigenvalue weighted by Crippen LogP contribution is 2.29. The maximum Gasteiger partial charge on any atom is 0.138 e. The molecule has 0 radical (unpaired) electrons. The van der Waals surface area contributed by atoms with Gasteiger partial charge in [0, 0.05) is 13.1 Å². The number of hydrazine groups is 1. The van der Waals surface area contributed by atoms with E-state index in [1.807, 2.05) is 6.07 Å². The molecule has 0 bridgehead atoms. The van der Waals surface area contributed by atoms with E-state index >= 15 is 0 Å². The molecule has 18 heavy (non-hydrogen) atoms. The summed E-state index contributed by atoms with van der Waals surface area (Å²) in [5.41, 5.74) is 2.80. The van der Waals surface area contributed by atoms with E-state index in [2.05, 4.69) is 33.2 Å². The van der Waals surface area contributed by atoms with Crippen LogP contribution >= 0.6 is 15.9 Å². The zero-order chi connectivity index (χ0) is 13.0. The molecule has 0 spiro atoms. The fourth-order valence-electron chi connectivity index (χ4n) is 2.33. The minimum absolute atomic E-state index is 0.0118. The molecule has 6 heteroatoms. The summed E-state index contributed by atoms with van der Waals surface area (Å²) in [6.45, 7) is 5.88. The van der Waals surface area contributed by atoms with Crippen molar-refractivity contribution >= 4 is 15.9 Å². The standard InChI is InChI=1S/C12H20BrN3O2/c1-2-4-16-5-7-17-10(8-16)11(15-14)12-9(13)3-6-18-12/h3,6,10-11,15H,2,4-5,7-8,14H2,1H3. The van der Waals surface area contributed by atoms with Gasteiger partial charge in [0.15, 0.2) is 0 Å². The smallest absolute Gasteiger partial charge is 0.138 e. The fraction of sp³-hybridized carbons (Fsp3) is 0.667. The SMILES string of the molecule is CCCN1CCOC(C(NN)c2occc2Br)C1. The summed E-state index contributed by atoms with van der Waals surface area (Å²) in [7, 11) is 0. The normalized spacial score (nSPS) is 23.2. The summed E-state index contributed by atoms with van der Waals surface area (Å²) >= 11 is 3.46. The van der Waals surface area contributed by atoms with Gasteiger partial charge in [-0.25, -0.2) is 5.43 Å². The van der Waals surface area contributed by atoms with Gasteiger partial charge in [0.05, 0.1) is 23.4 Å². The minimum atomic E-state index is -0.131. The number of nitrogens with zero attached hydrogens (tertiary/aromatic N) is 1. The van der Waals surface area contributed by atoms with Crippen molar-refractivity contribution in [3.63, 3.8) is 0 Å². The zero-order valence-corrected chi connectivity index (χ0v) is 12.1. The van der Waals surface area contributed by atoms with Crippen molar-refractivity contribution in [2.75, 3.05) is 26.2 Å². The van der Waals surface area contributed by atoms with Crippen molar-refractivity contribution in [2.24, 2.45) is 5.84 Å². The number of ether oxygens (including phenoxy) is 1. The molecule has 2 rings (SSSR count). The second kappa shape index (κ2) is 6.68. The molecule has 0 amide bonds. The predicted molar refractivity (Wildman–Crippen MR) is 72.9 cm³/mol. The van der Waals surface area contributed by atoms with E-state index < -0.39 is 0 Å². The van der Waals surface area contributed by atoms with Gasteiger partial charge in [0.25, 0.3) is 0 Å². The lowest BCUT2D eigenvalue weighted by molar-refractivity contribution is -0.0504. The fourth-order valence-corrected chi connectivity index (χ4v) is 2.78. The molecule has 5 nitrogen and oxygen atoms in total. The molecule has 1 aliphatic rings. The molecular weight excluding hydrogens is 298 g/mol. The molecule has 1 fully saturated rings. The van der Waals surface area contributed by atoms with Crippen LogP contribution in [0.4, 0.5) is 0 Å². The molecule has 0 saturated carbocycles. The zero-order valence-electron chi connectivity index (χ0n) is 10.6. The Labute approximate surface area is 116 Å². The number of halogens is 1. The van der Waals surface area contributed by atoms with E-state index in [0.717, 1.165) is 42.9 Å². The largest absolute Gasteiger partial charge is 0.466 e. The van der Waals surface area contributed by atoms with Gasteiger partial charge in [-0.2, -0.15) is 0 Å². The van der Waals surface area contributed by atoms with E-state index in [4.69, 9.17) is 15.0 Å². The van der Waals surface area contributed by atoms with Crippen LogP contribution in [0.3, 0.4) is 0 Å². The number of hydrogen-bond acceptors (Lipinski definition) is 5. The molecular formula is C12H20BrN3O2. The van der Waals surface area contributed by atoms with Crippen molar-refractivity contribution < 1.29 is 9.15 Å². The van der Waals surface area contributed by atoms with Gasteiger partial charge in [-0.05, 0) is 35.0 Å². The summed E-state index contributed by atoms with van der Waals surface area (Å²) in [5, 5.41) is 0. The molecule has 102 valence electrons. The highest BCUT2D eigenvalue weighted by molar-refractivity contribution is 9.10. The van der Waals surface area contributed by atoms with Crippen LogP contribution in [-0.4, -0.2) is 37.2 Å². The van der Waals surface area contributed by atoms with E-state index in [1.54, 1.807) is 6.26 Å². The van der Waals surface area contributed by atoms with Crippen LogP contribution in [0.5, 0.6) is 0 Å². The Morgan fingerprint density at radius 3 is 3.11 bits per heavy atom. The van der Waals surface area contributed by atoms with Crippen molar-refractivity contribution in [3.8, 4) is 0 Å². The monoisotopic (exact) mass is 317 g/mol. The van der Waals surface area contributed by atoms with E-state index in [9.17, 15) is 0 Å². The quantitative estimate of drug-likeness (QED) is 0.638. The van der Waals surface area contributed by atoms with Crippen molar-refractivity contribution in [1.82, 2.24) is 10.3 Å². The molecule has 1 aliphatic heterocycles. The molecule has 3 N–H and O–H groups in total. The second-order valence-electron chi connectivity index (χ2n) is 4.49. The van der Waals surface area contributed by atoms with Crippen LogP contribution in [0.25, 0.3) is 0 Å².